The first-order chi connectivity index (χ1) is 15.1. The Bertz CT molecular complexity index is 1060. The zero-order chi connectivity index (χ0) is 21.6. The number of hydrazone groups is 1. The van der Waals surface area contributed by atoms with E-state index >= 15 is 0 Å². The van der Waals surface area contributed by atoms with Gasteiger partial charge in [-0.2, -0.15) is 10.1 Å². The SMILES string of the molecule is CCOC(=O)c1ccc(N2N=C(C)[C@@]3(Cc4ccccc4N4CCOC[C@@H]43)C2=O)cc1. The minimum absolute atomic E-state index is 0.0520. The van der Waals surface area contributed by atoms with Gasteiger partial charge in [0.15, 0.2) is 0 Å². The summed E-state index contributed by atoms with van der Waals surface area (Å²) < 4.78 is 10.9. The van der Waals surface area contributed by atoms with Crippen LogP contribution in [0.2, 0.25) is 0 Å². The predicted molar refractivity (Wildman–Crippen MR) is 118 cm³/mol. The summed E-state index contributed by atoms with van der Waals surface area (Å²) in [6, 6.07) is 15.0. The number of fused-ring (bicyclic) bond motifs is 4. The third-order valence-electron chi connectivity index (χ3n) is 6.56. The van der Waals surface area contributed by atoms with Gasteiger partial charge in [0.1, 0.15) is 5.41 Å². The number of anilines is 2. The van der Waals surface area contributed by atoms with Gasteiger partial charge in [0.2, 0.25) is 0 Å². The van der Waals surface area contributed by atoms with Crippen molar-refractivity contribution >= 4 is 29.0 Å². The summed E-state index contributed by atoms with van der Waals surface area (Å²) in [4.78, 5) is 28.2. The van der Waals surface area contributed by atoms with Gasteiger partial charge in [0.05, 0.1) is 42.8 Å². The van der Waals surface area contributed by atoms with Crippen molar-refractivity contribution in [2.45, 2.75) is 26.3 Å². The third-order valence-corrected chi connectivity index (χ3v) is 6.56. The van der Waals surface area contributed by atoms with Gasteiger partial charge in [-0.1, -0.05) is 18.2 Å². The van der Waals surface area contributed by atoms with E-state index in [2.05, 4.69) is 17.0 Å². The minimum Gasteiger partial charge on any atom is -0.462 e. The lowest BCUT2D eigenvalue weighted by atomic mass is 9.68. The van der Waals surface area contributed by atoms with Crippen molar-refractivity contribution in [3.05, 3.63) is 59.7 Å². The maximum Gasteiger partial charge on any atom is 0.338 e. The fourth-order valence-corrected chi connectivity index (χ4v) is 5.00. The van der Waals surface area contributed by atoms with Gasteiger partial charge in [-0.05, 0) is 56.2 Å². The number of hydrogen-bond donors (Lipinski definition) is 0. The summed E-state index contributed by atoms with van der Waals surface area (Å²) in [5, 5.41) is 6.17. The fourth-order valence-electron chi connectivity index (χ4n) is 5.00. The van der Waals surface area contributed by atoms with Crippen LogP contribution in [0.25, 0.3) is 0 Å². The average molecular weight is 419 g/mol. The molecule has 0 bridgehead atoms. The number of ether oxygens (including phenoxy) is 2. The number of carbonyl (C=O) groups is 2. The summed E-state index contributed by atoms with van der Waals surface area (Å²) >= 11 is 0. The summed E-state index contributed by atoms with van der Waals surface area (Å²) in [6.07, 6.45) is 0.597. The van der Waals surface area contributed by atoms with Crippen LogP contribution in [0.3, 0.4) is 0 Å². The van der Waals surface area contributed by atoms with E-state index in [0.29, 0.717) is 37.5 Å². The number of rotatable bonds is 3. The van der Waals surface area contributed by atoms with Crippen molar-refractivity contribution in [3.63, 3.8) is 0 Å². The Morgan fingerprint density at radius 2 is 2.00 bits per heavy atom. The molecular weight excluding hydrogens is 394 g/mol. The molecule has 3 aliphatic rings. The number of nitrogens with zero attached hydrogens (tertiary/aromatic N) is 3. The van der Waals surface area contributed by atoms with Crippen LogP contribution in [-0.2, 0) is 20.7 Å². The van der Waals surface area contributed by atoms with Gasteiger partial charge in [-0.25, -0.2) is 4.79 Å². The summed E-state index contributed by atoms with van der Waals surface area (Å²) in [5.41, 5.74) is 3.45. The molecule has 31 heavy (non-hydrogen) atoms. The molecule has 3 heterocycles. The third kappa shape index (κ3) is 2.95. The van der Waals surface area contributed by atoms with E-state index in [4.69, 9.17) is 14.6 Å². The first-order valence-electron chi connectivity index (χ1n) is 10.7. The Hall–Kier alpha value is -3.19. The normalized spacial score (nSPS) is 24.6. The summed E-state index contributed by atoms with van der Waals surface area (Å²) in [7, 11) is 0. The zero-order valence-electron chi connectivity index (χ0n) is 17.7. The first-order valence-corrected chi connectivity index (χ1v) is 10.7. The smallest absolute Gasteiger partial charge is 0.338 e. The van der Waals surface area contributed by atoms with Crippen LogP contribution in [0.1, 0.15) is 29.8 Å². The molecule has 7 nitrogen and oxygen atoms in total. The second-order valence-corrected chi connectivity index (χ2v) is 8.13. The number of hydrogen-bond acceptors (Lipinski definition) is 6. The van der Waals surface area contributed by atoms with Gasteiger partial charge >= 0.3 is 5.97 Å². The van der Waals surface area contributed by atoms with Gasteiger partial charge in [0.25, 0.3) is 5.91 Å². The number of carbonyl (C=O) groups excluding carboxylic acids is 2. The van der Waals surface area contributed by atoms with Crippen molar-refractivity contribution in [1.82, 2.24) is 0 Å². The van der Waals surface area contributed by atoms with Gasteiger partial charge in [0, 0.05) is 12.2 Å². The van der Waals surface area contributed by atoms with E-state index in [1.165, 1.54) is 10.7 Å². The first kappa shape index (κ1) is 19.8. The van der Waals surface area contributed by atoms with Crippen LogP contribution < -0.4 is 9.91 Å². The summed E-state index contributed by atoms with van der Waals surface area (Å²) in [5.74, 6) is -0.430. The molecule has 0 radical (unpaired) electrons. The highest BCUT2D eigenvalue weighted by Gasteiger charge is 2.59. The molecule has 5 rings (SSSR count). The number of para-hydroxylation sites is 1. The minimum atomic E-state index is -0.769. The predicted octanol–water partition coefficient (Wildman–Crippen LogP) is 3.03. The summed E-state index contributed by atoms with van der Waals surface area (Å²) in [6.45, 7) is 5.90. The number of amides is 1. The Kier molecular flexibility index (Phi) is 4.78. The molecule has 3 aliphatic heterocycles. The highest BCUT2D eigenvalue weighted by molar-refractivity contribution is 6.20. The Morgan fingerprint density at radius 3 is 2.77 bits per heavy atom. The molecule has 2 aromatic carbocycles. The quantitative estimate of drug-likeness (QED) is 0.715. The van der Waals surface area contributed by atoms with E-state index in [9.17, 15) is 9.59 Å². The molecule has 160 valence electrons. The molecule has 0 unspecified atom stereocenters. The van der Waals surface area contributed by atoms with Crippen molar-refractivity contribution in [2.24, 2.45) is 10.5 Å². The molecule has 1 spiro atoms. The molecule has 2 atom stereocenters. The fraction of sp³-hybridized carbons (Fsp3) is 0.375. The Morgan fingerprint density at radius 1 is 1.23 bits per heavy atom. The van der Waals surface area contributed by atoms with Crippen LogP contribution in [0.4, 0.5) is 11.4 Å². The van der Waals surface area contributed by atoms with Crippen LogP contribution in [0.5, 0.6) is 0 Å². The van der Waals surface area contributed by atoms with Crippen molar-refractivity contribution in [1.29, 1.82) is 0 Å². The standard InChI is InChI=1S/C24H25N3O4/c1-3-31-22(28)17-8-10-19(11-9-17)27-23(29)24(16(2)25-27)14-18-6-4-5-7-20(18)26-12-13-30-15-21(24)26/h4-11,21H,3,12-15H2,1-2H3/t21-,24-/m1/s1. The molecular formula is C24H25N3O4. The topological polar surface area (TPSA) is 71.4 Å². The van der Waals surface area contributed by atoms with E-state index in [1.54, 1.807) is 31.2 Å². The molecule has 2 aromatic rings. The molecule has 0 N–H and O–H groups in total. The second kappa shape index (κ2) is 7.50. The average Bonchev–Trinajstić information content (AvgIpc) is 3.05. The molecule has 0 aromatic heterocycles. The highest BCUT2D eigenvalue weighted by Crippen LogP contribution is 2.47. The van der Waals surface area contributed by atoms with Gasteiger partial charge < -0.3 is 14.4 Å². The number of esters is 1. The van der Waals surface area contributed by atoms with Crippen molar-refractivity contribution in [2.75, 3.05) is 36.3 Å². The molecule has 0 saturated carbocycles. The van der Waals surface area contributed by atoms with Crippen molar-refractivity contribution < 1.29 is 19.1 Å². The lowest BCUT2D eigenvalue weighted by Gasteiger charge is -2.50. The maximum absolute atomic E-state index is 13.9. The van der Waals surface area contributed by atoms with Crippen LogP contribution in [0.15, 0.2) is 53.6 Å². The Labute approximate surface area is 181 Å². The molecule has 1 fully saturated rings. The largest absolute Gasteiger partial charge is 0.462 e. The number of benzene rings is 2. The zero-order valence-corrected chi connectivity index (χ0v) is 17.7. The molecule has 0 aliphatic carbocycles. The Balaban J connectivity index is 1.51. The lowest BCUT2D eigenvalue weighted by Crippen LogP contribution is -2.64. The van der Waals surface area contributed by atoms with E-state index in [1.807, 2.05) is 19.1 Å². The van der Waals surface area contributed by atoms with Crippen LogP contribution >= 0.6 is 0 Å². The second-order valence-electron chi connectivity index (χ2n) is 8.13. The van der Waals surface area contributed by atoms with E-state index in [-0.39, 0.29) is 17.9 Å². The van der Waals surface area contributed by atoms with Crippen molar-refractivity contribution in [3.8, 4) is 0 Å². The molecule has 7 heteroatoms. The highest BCUT2D eigenvalue weighted by atomic mass is 16.5. The van der Waals surface area contributed by atoms with Gasteiger partial charge in [-0.15, -0.1) is 0 Å². The van der Waals surface area contributed by atoms with E-state index < -0.39 is 5.41 Å². The molecule has 1 saturated heterocycles. The number of morpholine rings is 1. The maximum atomic E-state index is 13.9. The van der Waals surface area contributed by atoms with E-state index in [0.717, 1.165) is 17.8 Å². The molecule has 1 amide bonds. The van der Waals surface area contributed by atoms with Crippen LogP contribution in [0, 0.1) is 5.41 Å². The van der Waals surface area contributed by atoms with Crippen LogP contribution in [-0.4, -0.2) is 50.0 Å². The lowest BCUT2D eigenvalue weighted by molar-refractivity contribution is -0.126. The monoisotopic (exact) mass is 419 g/mol. The van der Waals surface area contributed by atoms with Gasteiger partial charge in [-0.3, -0.25) is 4.79 Å².